The maximum atomic E-state index is 8.99. The van der Waals surface area contributed by atoms with Crippen molar-refractivity contribution >= 4 is 0 Å². The Kier molecular flexibility index (Phi) is 20.8. The predicted molar refractivity (Wildman–Crippen MR) is 105 cm³/mol. The van der Waals surface area contributed by atoms with Gasteiger partial charge in [-0.2, -0.15) is 0 Å². The van der Waals surface area contributed by atoms with Gasteiger partial charge in [0.25, 0.3) is 0 Å². The van der Waals surface area contributed by atoms with Crippen molar-refractivity contribution in [3.8, 4) is 0 Å². The van der Waals surface area contributed by atoms with Crippen molar-refractivity contribution in [1.82, 2.24) is 0 Å². The molecule has 0 aliphatic carbocycles. The third kappa shape index (κ3) is 18.2. The van der Waals surface area contributed by atoms with Gasteiger partial charge >= 0.3 is 0 Å². The van der Waals surface area contributed by atoms with E-state index in [0.29, 0.717) is 0 Å². The van der Waals surface area contributed by atoms with Crippen molar-refractivity contribution in [1.29, 1.82) is 0 Å². The van der Waals surface area contributed by atoms with E-state index in [0.717, 1.165) is 19.6 Å². The molecule has 3 nitrogen and oxygen atoms in total. The molecule has 0 aromatic rings. The van der Waals surface area contributed by atoms with Crippen LogP contribution in [0.15, 0.2) is 0 Å². The molecule has 3 N–H and O–H groups in total. The van der Waals surface area contributed by atoms with Gasteiger partial charge in [-0.3, -0.25) is 0 Å². The number of aliphatic hydroxyl groups excluding tert-OH is 2. The molecule has 0 radical (unpaired) electrons. The molecule has 0 aliphatic heterocycles. The lowest BCUT2D eigenvalue weighted by atomic mass is 10.0. The quantitative estimate of drug-likeness (QED) is 0.295. The highest BCUT2D eigenvalue weighted by molar-refractivity contribution is 4.49. The van der Waals surface area contributed by atoms with Gasteiger partial charge < -0.3 is 15.1 Å². The molecule has 0 rings (SSSR count). The zero-order chi connectivity index (χ0) is 17.7. The van der Waals surface area contributed by atoms with Crippen LogP contribution in [-0.4, -0.2) is 43.1 Å². The van der Waals surface area contributed by atoms with Crippen molar-refractivity contribution in [3.05, 3.63) is 0 Å². The molecule has 146 valence electrons. The molecule has 0 spiro atoms. The fraction of sp³-hybridized carbons (Fsp3) is 1.00. The number of hydrogen-bond acceptors (Lipinski definition) is 2. The van der Waals surface area contributed by atoms with E-state index in [1.165, 1.54) is 101 Å². The van der Waals surface area contributed by atoms with E-state index in [4.69, 9.17) is 10.2 Å². The third-order valence-electron chi connectivity index (χ3n) is 5.06. The highest BCUT2D eigenvalue weighted by Crippen LogP contribution is 2.13. The summed E-state index contributed by atoms with van der Waals surface area (Å²) in [5.41, 5.74) is 0. The molecule has 24 heavy (non-hydrogen) atoms. The summed E-state index contributed by atoms with van der Waals surface area (Å²) in [7, 11) is 0. The second kappa shape index (κ2) is 20.9. The minimum absolute atomic E-state index is 0.230. The van der Waals surface area contributed by atoms with Crippen LogP contribution in [0.2, 0.25) is 0 Å². The van der Waals surface area contributed by atoms with Crippen molar-refractivity contribution in [2.45, 2.75) is 103 Å². The van der Waals surface area contributed by atoms with Gasteiger partial charge in [0.05, 0.1) is 19.8 Å². The molecule has 3 heteroatoms. The monoisotopic (exact) mass is 344 g/mol. The zero-order valence-electron chi connectivity index (χ0n) is 16.5. The summed E-state index contributed by atoms with van der Waals surface area (Å²) in [5.74, 6) is 0. The Morgan fingerprint density at radius 3 is 1.12 bits per heavy atom. The highest BCUT2D eigenvalue weighted by atomic mass is 16.3. The second-order valence-corrected chi connectivity index (χ2v) is 7.40. The molecule has 0 aliphatic rings. The van der Waals surface area contributed by atoms with Crippen molar-refractivity contribution in [3.63, 3.8) is 0 Å². The van der Waals surface area contributed by atoms with Crippen LogP contribution in [0, 0.1) is 0 Å². The molecular formula is C21H46NO2+. The van der Waals surface area contributed by atoms with Gasteiger partial charge in [-0.25, -0.2) is 0 Å². The van der Waals surface area contributed by atoms with E-state index in [2.05, 4.69) is 6.92 Å². The van der Waals surface area contributed by atoms with Crippen LogP contribution < -0.4 is 4.90 Å². The van der Waals surface area contributed by atoms with Gasteiger partial charge in [0.2, 0.25) is 0 Å². The molecule has 0 saturated carbocycles. The number of quaternary nitrogens is 1. The smallest absolute Gasteiger partial charge is 0.101 e. The fourth-order valence-electron chi connectivity index (χ4n) is 3.44. The molecule has 0 bridgehead atoms. The first-order valence-corrected chi connectivity index (χ1v) is 10.9. The van der Waals surface area contributed by atoms with E-state index in [9.17, 15) is 0 Å². The molecule has 0 heterocycles. The maximum Gasteiger partial charge on any atom is 0.101 e. The summed E-state index contributed by atoms with van der Waals surface area (Å²) >= 11 is 0. The van der Waals surface area contributed by atoms with E-state index in [1.807, 2.05) is 0 Å². The molecule has 0 aromatic heterocycles. The van der Waals surface area contributed by atoms with Gasteiger partial charge in [-0.15, -0.1) is 0 Å². The van der Waals surface area contributed by atoms with Crippen LogP contribution in [0.4, 0.5) is 0 Å². The number of aliphatic hydroxyl groups is 2. The Morgan fingerprint density at radius 2 is 0.792 bits per heavy atom. The fourth-order valence-corrected chi connectivity index (χ4v) is 3.44. The topological polar surface area (TPSA) is 44.9 Å². The van der Waals surface area contributed by atoms with Gasteiger partial charge in [0, 0.05) is 0 Å². The molecule has 0 aromatic carbocycles. The Labute approximate surface area is 151 Å². The minimum atomic E-state index is 0.230. The summed E-state index contributed by atoms with van der Waals surface area (Å²) in [4.78, 5) is 1.34. The highest BCUT2D eigenvalue weighted by Gasteiger charge is 2.05. The van der Waals surface area contributed by atoms with E-state index in [1.54, 1.807) is 0 Å². The van der Waals surface area contributed by atoms with Gasteiger partial charge in [0.1, 0.15) is 13.1 Å². The molecule has 0 unspecified atom stereocenters. The molecule has 0 amide bonds. The standard InChI is InChI=1S/C21H45NO2/c1-2-3-4-5-6-7-8-9-10-11-12-13-14-15-16-17-22(18-20-23)19-21-24/h23-24H,2-21H2,1H3/p+1. The first-order chi connectivity index (χ1) is 11.8. The summed E-state index contributed by atoms with van der Waals surface area (Å²) in [6, 6.07) is 0. The van der Waals surface area contributed by atoms with Crippen molar-refractivity contribution in [2.75, 3.05) is 32.8 Å². The largest absolute Gasteiger partial charge is 0.391 e. The summed E-state index contributed by atoms with van der Waals surface area (Å²) in [6.45, 7) is 5.39. The first kappa shape index (κ1) is 23.9. The average Bonchev–Trinajstić information content (AvgIpc) is 2.58. The van der Waals surface area contributed by atoms with Crippen LogP contribution in [0.25, 0.3) is 0 Å². The second-order valence-electron chi connectivity index (χ2n) is 7.40. The summed E-state index contributed by atoms with van der Waals surface area (Å²) in [6.07, 6.45) is 21.0. The minimum Gasteiger partial charge on any atom is -0.391 e. The van der Waals surface area contributed by atoms with Crippen LogP contribution in [0.5, 0.6) is 0 Å². The lowest BCUT2D eigenvalue weighted by Crippen LogP contribution is -3.13. The molecule has 0 saturated heterocycles. The summed E-state index contributed by atoms with van der Waals surface area (Å²) in [5, 5.41) is 18.0. The van der Waals surface area contributed by atoms with Crippen molar-refractivity contribution < 1.29 is 15.1 Å². The number of nitrogens with one attached hydrogen (secondary N) is 1. The SMILES string of the molecule is CCCCCCCCCCCCCCCCC[NH+](CCO)CCO. The van der Waals surface area contributed by atoms with E-state index >= 15 is 0 Å². The normalized spacial score (nSPS) is 11.5. The molecular weight excluding hydrogens is 298 g/mol. The average molecular weight is 345 g/mol. The number of rotatable bonds is 20. The zero-order valence-corrected chi connectivity index (χ0v) is 16.5. The van der Waals surface area contributed by atoms with E-state index in [-0.39, 0.29) is 13.2 Å². The summed E-state index contributed by atoms with van der Waals surface area (Å²) < 4.78 is 0. The van der Waals surface area contributed by atoms with Gasteiger partial charge in [-0.1, -0.05) is 90.4 Å². The van der Waals surface area contributed by atoms with Crippen molar-refractivity contribution in [2.24, 2.45) is 0 Å². The van der Waals surface area contributed by atoms with Crippen LogP contribution in [-0.2, 0) is 0 Å². The number of unbranched alkanes of at least 4 members (excludes halogenated alkanes) is 14. The Bertz CT molecular complexity index is 218. The third-order valence-corrected chi connectivity index (χ3v) is 5.06. The Morgan fingerprint density at radius 1 is 0.458 bits per heavy atom. The predicted octanol–water partition coefficient (Wildman–Crippen LogP) is 3.73. The Balaban J connectivity index is 3.14. The number of hydrogen-bond donors (Lipinski definition) is 3. The van der Waals surface area contributed by atoms with Crippen LogP contribution in [0.3, 0.4) is 0 Å². The lowest BCUT2D eigenvalue weighted by Gasteiger charge is -2.17. The first-order valence-electron chi connectivity index (χ1n) is 10.9. The van der Waals surface area contributed by atoms with Crippen LogP contribution in [0.1, 0.15) is 103 Å². The van der Waals surface area contributed by atoms with Crippen LogP contribution >= 0.6 is 0 Å². The molecule has 0 fully saturated rings. The van der Waals surface area contributed by atoms with Gasteiger partial charge in [0.15, 0.2) is 0 Å². The Hall–Kier alpha value is -0.120. The maximum absolute atomic E-state index is 8.99. The van der Waals surface area contributed by atoms with Gasteiger partial charge in [-0.05, 0) is 12.8 Å². The van der Waals surface area contributed by atoms with E-state index < -0.39 is 0 Å². The lowest BCUT2D eigenvalue weighted by molar-refractivity contribution is -0.901. The molecule has 0 atom stereocenters.